The van der Waals surface area contributed by atoms with Gasteiger partial charge < -0.3 is 10.6 Å². The second-order valence-electron chi connectivity index (χ2n) is 3.61. The molecule has 0 spiro atoms. The number of carbonyl (C=O) groups excluding carboxylic acids is 1. The summed E-state index contributed by atoms with van der Waals surface area (Å²) in [5.41, 5.74) is 7.37. The summed E-state index contributed by atoms with van der Waals surface area (Å²) in [6, 6.07) is 0. The van der Waals surface area contributed by atoms with E-state index in [0.29, 0.717) is 30.0 Å². The zero-order valence-electron chi connectivity index (χ0n) is 10.2. The van der Waals surface area contributed by atoms with Gasteiger partial charge >= 0.3 is 0 Å². The molecular weight excluding hydrogens is 204 g/mol. The van der Waals surface area contributed by atoms with Crippen LogP contribution in [0.15, 0.2) is 0 Å². The number of hydrogen-bond acceptors (Lipinski definition) is 4. The van der Waals surface area contributed by atoms with Gasteiger partial charge in [-0.1, -0.05) is 0 Å². The van der Waals surface area contributed by atoms with Gasteiger partial charge in [-0.2, -0.15) is 0 Å². The smallest absolute Gasteiger partial charge is 0.257 e. The molecule has 0 radical (unpaired) electrons. The number of amides is 1. The number of rotatable bonds is 3. The molecule has 1 aromatic heterocycles. The van der Waals surface area contributed by atoms with E-state index >= 15 is 0 Å². The van der Waals surface area contributed by atoms with Crippen LogP contribution in [0.5, 0.6) is 0 Å². The Morgan fingerprint density at radius 1 is 1.19 bits per heavy atom. The molecule has 1 amide bonds. The minimum absolute atomic E-state index is 0.0278. The lowest BCUT2D eigenvalue weighted by Crippen LogP contribution is -2.32. The molecule has 0 aromatic carbocycles. The molecule has 88 valence electrons. The van der Waals surface area contributed by atoms with Crippen LogP contribution in [0.2, 0.25) is 0 Å². The number of aromatic nitrogens is 2. The fraction of sp³-hybridized carbons (Fsp3) is 0.545. The monoisotopic (exact) mass is 222 g/mol. The predicted octanol–water partition coefficient (Wildman–Crippen LogP) is 1.16. The van der Waals surface area contributed by atoms with Gasteiger partial charge in [-0.25, -0.2) is 9.97 Å². The number of nitrogen functional groups attached to an aromatic ring is 1. The third kappa shape index (κ3) is 2.29. The second kappa shape index (κ2) is 4.92. The molecule has 1 heterocycles. The third-order valence-corrected chi connectivity index (χ3v) is 2.55. The molecule has 0 unspecified atom stereocenters. The van der Waals surface area contributed by atoms with Crippen LogP contribution in [-0.4, -0.2) is 33.9 Å². The Hall–Kier alpha value is -1.65. The van der Waals surface area contributed by atoms with E-state index in [0.717, 1.165) is 0 Å². The van der Waals surface area contributed by atoms with Crippen LogP contribution in [0.4, 0.5) is 5.95 Å². The third-order valence-electron chi connectivity index (χ3n) is 2.55. The maximum Gasteiger partial charge on any atom is 0.257 e. The molecule has 16 heavy (non-hydrogen) atoms. The molecule has 1 rings (SSSR count). The Balaban J connectivity index is 3.18. The maximum absolute atomic E-state index is 12.2. The zero-order valence-corrected chi connectivity index (χ0v) is 10.2. The van der Waals surface area contributed by atoms with Crippen LogP contribution < -0.4 is 5.73 Å². The van der Waals surface area contributed by atoms with Gasteiger partial charge in [0.2, 0.25) is 5.95 Å². The van der Waals surface area contributed by atoms with Crippen LogP contribution >= 0.6 is 0 Å². The number of carbonyl (C=O) groups is 1. The number of nitrogens with two attached hydrogens (primary N) is 1. The summed E-state index contributed by atoms with van der Waals surface area (Å²) in [5, 5.41) is 0. The first-order chi connectivity index (χ1) is 7.51. The molecule has 0 saturated carbocycles. The number of aryl methyl sites for hydroxylation is 2. The molecule has 0 bridgehead atoms. The Kier molecular flexibility index (Phi) is 3.82. The van der Waals surface area contributed by atoms with Crippen LogP contribution in [0, 0.1) is 13.8 Å². The van der Waals surface area contributed by atoms with Crippen LogP contribution in [0.1, 0.15) is 35.6 Å². The predicted molar refractivity (Wildman–Crippen MR) is 63.2 cm³/mol. The molecule has 0 atom stereocenters. The highest BCUT2D eigenvalue weighted by atomic mass is 16.2. The van der Waals surface area contributed by atoms with Crippen molar-refractivity contribution in [2.75, 3.05) is 18.8 Å². The SMILES string of the molecule is CCN(CC)C(=O)c1c(C)nc(N)nc1C. The molecule has 1 aromatic rings. The Morgan fingerprint density at radius 2 is 1.62 bits per heavy atom. The van der Waals surface area contributed by atoms with E-state index in [-0.39, 0.29) is 11.9 Å². The molecule has 0 saturated heterocycles. The summed E-state index contributed by atoms with van der Waals surface area (Å²) in [4.78, 5) is 22.0. The fourth-order valence-electron chi connectivity index (χ4n) is 1.72. The highest BCUT2D eigenvalue weighted by Gasteiger charge is 2.19. The number of anilines is 1. The van der Waals surface area contributed by atoms with Crippen molar-refractivity contribution in [1.82, 2.24) is 14.9 Å². The van der Waals surface area contributed by atoms with Crippen molar-refractivity contribution in [2.24, 2.45) is 0 Å². The van der Waals surface area contributed by atoms with Crippen molar-refractivity contribution in [3.05, 3.63) is 17.0 Å². The summed E-state index contributed by atoms with van der Waals surface area (Å²) in [7, 11) is 0. The van der Waals surface area contributed by atoms with Gasteiger partial charge in [-0.05, 0) is 27.7 Å². The quantitative estimate of drug-likeness (QED) is 0.833. The Bertz CT molecular complexity index is 376. The molecule has 5 nitrogen and oxygen atoms in total. The first kappa shape index (κ1) is 12.4. The average Bonchev–Trinajstić information content (AvgIpc) is 2.17. The Morgan fingerprint density at radius 3 is 2.00 bits per heavy atom. The van der Waals surface area contributed by atoms with Gasteiger partial charge in [-0.15, -0.1) is 0 Å². The summed E-state index contributed by atoms with van der Waals surface area (Å²) in [5.74, 6) is 0.186. The first-order valence-electron chi connectivity index (χ1n) is 5.41. The lowest BCUT2D eigenvalue weighted by atomic mass is 10.1. The highest BCUT2D eigenvalue weighted by molar-refractivity contribution is 5.96. The fourth-order valence-corrected chi connectivity index (χ4v) is 1.72. The van der Waals surface area contributed by atoms with E-state index in [2.05, 4.69) is 9.97 Å². The molecular formula is C11H18N4O. The standard InChI is InChI=1S/C11H18N4O/c1-5-15(6-2)10(16)9-7(3)13-11(12)14-8(9)4/h5-6H2,1-4H3,(H2,12,13,14). The van der Waals surface area contributed by atoms with Crippen LogP contribution in [0.25, 0.3) is 0 Å². The van der Waals surface area contributed by atoms with Crippen LogP contribution in [0.3, 0.4) is 0 Å². The van der Waals surface area contributed by atoms with E-state index in [1.54, 1.807) is 18.7 Å². The summed E-state index contributed by atoms with van der Waals surface area (Å²) < 4.78 is 0. The molecule has 0 fully saturated rings. The van der Waals surface area contributed by atoms with E-state index in [4.69, 9.17) is 5.73 Å². The van der Waals surface area contributed by atoms with Crippen molar-refractivity contribution in [2.45, 2.75) is 27.7 Å². The van der Waals surface area contributed by atoms with Crippen molar-refractivity contribution < 1.29 is 4.79 Å². The summed E-state index contributed by atoms with van der Waals surface area (Å²) in [6.07, 6.45) is 0. The van der Waals surface area contributed by atoms with E-state index < -0.39 is 0 Å². The first-order valence-corrected chi connectivity index (χ1v) is 5.41. The van der Waals surface area contributed by atoms with Crippen molar-refractivity contribution >= 4 is 11.9 Å². The molecule has 0 aliphatic heterocycles. The van der Waals surface area contributed by atoms with Gasteiger partial charge in [0.05, 0.1) is 17.0 Å². The average molecular weight is 222 g/mol. The lowest BCUT2D eigenvalue weighted by Gasteiger charge is -2.20. The van der Waals surface area contributed by atoms with Crippen molar-refractivity contribution in [3.63, 3.8) is 0 Å². The molecule has 0 aliphatic rings. The van der Waals surface area contributed by atoms with E-state index in [1.807, 2.05) is 13.8 Å². The zero-order chi connectivity index (χ0) is 12.3. The summed E-state index contributed by atoms with van der Waals surface area (Å²) >= 11 is 0. The van der Waals surface area contributed by atoms with Gasteiger partial charge in [-0.3, -0.25) is 4.79 Å². The van der Waals surface area contributed by atoms with Crippen molar-refractivity contribution in [3.8, 4) is 0 Å². The van der Waals surface area contributed by atoms with Gasteiger partial charge in [0.1, 0.15) is 0 Å². The summed E-state index contributed by atoms with van der Waals surface area (Å²) in [6.45, 7) is 8.81. The Labute approximate surface area is 95.7 Å². The second-order valence-corrected chi connectivity index (χ2v) is 3.61. The van der Waals surface area contributed by atoms with E-state index in [1.165, 1.54) is 0 Å². The topological polar surface area (TPSA) is 72.1 Å². The van der Waals surface area contributed by atoms with Crippen LogP contribution in [-0.2, 0) is 0 Å². The van der Waals surface area contributed by atoms with Crippen molar-refractivity contribution in [1.29, 1.82) is 0 Å². The largest absolute Gasteiger partial charge is 0.368 e. The van der Waals surface area contributed by atoms with E-state index in [9.17, 15) is 4.79 Å². The molecule has 2 N–H and O–H groups in total. The normalized spacial score (nSPS) is 10.2. The van der Waals surface area contributed by atoms with Gasteiger partial charge in [0.15, 0.2) is 0 Å². The molecule has 0 aliphatic carbocycles. The number of nitrogens with zero attached hydrogens (tertiary/aromatic N) is 3. The number of hydrogen-bond donors (Lipinski definition) is 1. The lowest BCUT2D eigenvalue weighted by molar-refractivity contribution is 0.0770. The minimum atomic E-state index is -0.0278. The minimum Gasteiger partial charge on any atom is -0.368 e. The van der Waals surface area contributed by atoms with Gasteiger partial charge in [0.25, 0.3) is 5.91 Å². The molecule has 5 heteroatoms. The maximum atomic E-state index is 12.2. The highest BCUT2D eigenvalue weighted by Crippen LogP contribution is 2.13. The van der Waals surface area contributed by atoms with Gasteiger partial charge in [0, 0.05) is 13.1 Å².